The molecule has 0 aromatic carbocycles. The number of aromatic nitrogens is 2. The lowest BCUT2D eigenvalue weighted by Crippen LogP contribution is -2.23. The van der Waals surface area contributed by atoms with Gasteiger partial charge in [0.15, 0.2) is 0 Å². The Labute approximate surface area is 122 Å². The largest absolute Gasteiger partial charge is 0.475 e. The number of carbonyl (C=O) groups excluding carboxylic acids is 1. The third kappa shape index (κ3) is 4.03. The van der Waals surface area contributed by atoms with E-state index in [1.54, 1.807) is 17.1 Å². The van der Waals surface area contributed by atoms with E-state index in [9.17, 15) is 4.79 Å². The SMILES string of the molecule is CC[C@@H](C)Oc1cc(CNC(=O)c2cscn2)ccn1. The molecule has 0 aliphatic rings. The lowest BCUT2D eigenvalue weighted by atomic mass is 10.2. The number of amides is 1. The second kappa shape index (κ2) is 7.00. The van der Waals surface area contributed by atoms with Crippen LogP contribution >= 0.6 is 11.3 Å². The van der Waals surface area contributed by atoms with Crippen LogP contribution < -0.4 is 10.1 Å². The number of thiazole rings is 1. The third-order valence-electron chi connectivity index (χ3n) is 2.81. The molecule has 1 atom stereocenters. The summed E-state index contributed by atoms with van der Waals surface area (Å²) in [5.41, 5.74) is 3.03. The molecule has 0 aliphatic heterocycles. The maximum Gasteiger partial charge on any atom is 0.271 e. The molecule has 0 saturated carbocycles. The number of nitrogens with zero attached hydrogens (tertiary/aromatic N) is 2. The van der Waals surface area contributed by atoms with E-state index in [0.717, 1.165) is 12.0 Å². The zero-order valence-electron chi connectivity index (χ0n) is 11.5. The summed E-state index contributed by atoms with van der Waals surface area (Å²) in [5, 5.41) is 4.54. The summed E-state index contributed by atoms with van der Waals surface area (Å²) >= 11 is 1.40. The molecular weight excluding hydrogens is 274 g/mol. The van der Waals surface area contributed by atoms with Crippen molar-refractivity contribution in [3.8, 4) is 5.88 Å². The van der Waals surface area contributed by atoms with Crippen molar-refractivity contribution in [2.45, 2.75) is 32.9 Å². The van der Waals surface area contributed by atoms with E-state index in [1.165, 1.54) is 11.3 Å². The van der Waals surface area contributed by atoms with Gasteiger partial charge in [-0.1, -0.05) is 6.92 Å². The second-order valence-corrected chi connectivity index (χ2v) is 5.11. The van der Waals surface area contributed by atoms with Crippen molar-refractivity contribution in [1.29, 1.82) is 0 Å². The van der Waals surface area contributed by atoms with E-state index in [1.807, 2.05) is 19.1 Å². The summed E-state index contributed by atoms with van der Waals surface area (Å²) in [6, 6.07) is 3.69. The van der Waals surface area contributed by atoms with E-state index in [-0.39, 0.29) is 12.0 Å². The Morgan fingerprint density at radius 1 is 1.50 bits per heavy atom. The van der Waals surface area contributed by atoms with Crippen LogP contribution in [0.4, 0.5) is 0 Å². The Balaban J connectivity index is 1.93. The molecule has 0 fully saturated rings. The fourth-order valence-electron chi connectivity index (χ4n) is 1.51. The zero-order chi connectivity index (χ0) is 14.4. The molecule has 2 heterocycles. The van der Waals surface area contributed by atoms with E-state index in [0.29, 0.717) is 18.1 Å². The van der Waals surface area contributed by atoms with Crippen LogP contribution in [0.15, 0.2) is 29.2 Å². The van der Waals surface area contributed by atoms with Crippen molar-refractivity contribution < 1.29 is 9.53 Å². The first-order valence-corrected chi connectivity index (χ1v) is 7.41. The molecule has 106 valence electrons. The maximum atomic E-state index is 11.8. The van der Waals surface area contributed by atoms with Gasteiger partial charge in [-0.2, -0.15) is 0 Å². The molecule has 2 aromatic heterocycles. The molecule has 0 bridgehead atoms. The molecule has 2 rings (SSSR count). The molecule has 0 spiro atoms. The maximum absolute atomic E-state index is 11.8. The Hall–Kier alpha value is -1.95. The topological polar surface area (TPSA) is 64.1 Å². The number of nitrogens with one attached hydrogen (secondary N) is 1. The lowest BCUT2D eigenvalue weighted by Gasteiger charge is -2.12. The minimum Gasteiger partial charge on any atom is -0.475 e. The molecule has 0 aliphatic carbocycles. The van der Waals surface area contributed by atoms with Gasteiger partial charge in [0, 0.05) is 24.2 Å². The van der Waals surface area contributed by atoms with E-state index >= 15 is 0 Å². The van der Waals surface area contributed by atoms with E-state index < -0.39 is 0 Å². The van der Waals surface area contributed by atoms with Crippen molar-refractivity contribution in [2.75, 3.05) is 0 Å². The molecule has 0 saturated heterocycles. The summed E-state index contributed by atoms with van der Waals surface area (Å²) in [7, 11) is 0. The smallest absolute Gasteiger partial charge is 0.271 e. The van der Waals surface area contributed by atoms with Crippen LogP contribution in [0, 0.1) is 0 Å². The second-order valence-electron chi connectivity index (χ2n) is 4.40. The number of pyridine rings is 1. The van der Waals surface area contributed by atoms with Gasteiger partial charge < -0.3 is 10.1 Å². The predicted molar refractivity (Wildman–Crippen MR) is 77.9 cm³/mol. The van der Waals surface area contributed by atoms with Gasteiger partial charge in [0.05, 0.1) is 11.6 Å². The Morgan fingerprint density at radius 2 is 2.35 bits per heavy atom. The molecule has 20 heavy (non-hydrogen) atoms. The minimum atomic E-state index is -0.174. The number of hydrogen-bond donors (Lipinski definition) is 1. The summed E-state index contributed by atoms with van der Waals surface area (Å²) in [4.78, 5) is 19.9. The van der Waals surface area contributed by atoms with Crippen LogP contribution in [0.3, 0.4) is 0 Å². The third-order valence-corrected chi connectivity index (χ3v) is 3.40. The molecule has 0 radical (unpaired) electrons. The first kappa shape index (κ1) is 14.5. The average Bonchev–Trinajstić information content (AvgIpc) is 2.99. The van der Waals surface area contributed by atoms with Gasteiger partial charge in [0.2, 0.25) is 5.88 Å². The van der Waals surface area contributed by atoms with Gasteiger partial charge in [0.1, 0.15) is 5.69 Å². The van der Waals surface area contributed by atoms with Gasteiger partial charge in [-0.05, 0) is 25.0 Å². The molecule has 1 amide bonds. The van der Waals surface area contributed by atoms with Crippen LogP contribution in [0.1, 0.15) is 36.3 Å². The molecule has 5 nitrogen and oxygen atoms in total. The monoisotopic (exact) mass is 291 g/mol. The van der Waals surface area contributed by atoms with Gasteiger partial charge in [-0.15, -0.1) is 11.3 Å². The van der Waals surface area contributed by atoms with Crippen LogP contribution in [0.5, 0.6) is 5.88 Å². The molecule has 1 N–H and O–H groups in total. The summed E-state index contributed by atoms with van der Waals surface area (Å²) in [5.74, 6) is 0.409. The highest BCUT2D eigenvalue weighted by atomic mass is 32.1. The van der Waals surface area contributed by atoms with Crippen LogP contribution in [0.25, 0.3) is 0 Å². The molecular formula is C14H17N3O2S. The number of hydrogen-bond acceptors (Lipinski definition) is 5. The summed E-state index contributed by atoms with van der Waals surface area (Å²) in [6.45, 7) is 4.48. The quantitative estimate of drug-likeness (QED) is 0.888. The Morgan fingerprint density at radius 3 is 3.05 bits per heavy atom. The number of ether oxygens (including phenoxy) is 1. The Bertz CT molecular complexity index is 557. The van der Waals surface area contributed by atoms with Crippen molar-refractivity contribution >= 4 is 17.2 Å². The summed E-state index contributed by atoms with van der Waals surface area (Å²) < 4.78 is 5.65. The highest BCUT2D eigenvalue weighted by Crippen LogP contribution is 2.12. The minimum absolute atomic E-state index is 0.127. The van der Waals surface area contributed by atoms with Crippen LogP contribution in [-0.4, -0.2) is 22.0 Å². The average molecular weight is 291 g/mol. The Kier molecular flexibility index (Phi) is 5.06. The van der Waals surface area contributed by atoms with Crippen molar-refractivity contribution in [2.24, 2.45) is 0 Å². The standard InChI is InChI=1S/C14H17N3O2S/c1-3-10(2)19-13-6-11(4-5-15-13)7-16-14(18)12-8-20-9-17-12/h4-6,8-10H,3,7H2,1-2H3,(H,16,18)/t10-/m1/s1. The normalized spacial score (nSPS) is 11.9. The number of carbonyl (C=O) groups is 1. The van der Waals surface area contributed by atoms with E-state index in [4.69, 9.17) is 4.74 Å². The van der Waals surface area contributed by atoms with Crippen LogP contribution in [-0.2, 0) is 6.54 Å². The van der Waals surface area contributed by atoms with Gasteiger partial charge in [0.25, 0.3) is 5.91 Å². The fraction of sp³-hybridized carbons (Fsp3) is 0.357. The van der Waals surface area contributed by atoms with Crippen molar-refractivity contribution in [3.63, 3.8) is 0 Å². The predicted octanol–water partition coefficient (Wildman–Crippen LogP) is 2.65. The molecule has 0 unspecified atom stereocenters. The van der Waals surface area contributed by atoms with Gasteiger partial charge in [-0.25, -0.2) is 9.97 Å². The number of rotatable bonds is 6. The van der Waals surface area contributed by atoms with Crippen LogP contribution in [0.2, 0.25) is 0 Å². The fourth-order valence-corrected chi connectivity index (χ4v) is 2.04. The van der Waals surface area contributed by atoms with E-state index in [2.05, 4.69) is 22.2 Å². The van der Waals surface area contributed by atoms with Crippen molar-refractivity contribution in [1.82, 2.24) is 15.3 Å². The molecule has 2 aromatic rings. The van der Waals surface area contributed by atoms with Crippen molar-refractivity contribution in [3.05, 3.63) is 40.5 Å². The highest BCUT2D eigenvalue weighted by molar-refractivity contribution is 7.07. The highest BCUT2D eigenvalue weighted by Gasteiger charge is 2.08. The first-order chi connectivity index (χ1) is 9.69. The first-order valence-electron chi connectivity index (χ1n) is 6.47. The van der Waals surface area contributed by atoms with Gasteiger partial charge >= 0.3 is 0 Å². The molecule has 6 heteroatoms. The zero-order valence-corrected chi connectivity index (χ0v) is 12.3. The lowest BCUT2D eigenvalue weighted by molar-refractivity contribution is 0.0946. The summed E-state index contributed by atoms with van der Waals surface area (Å²) in [6.07, 6.45) is 2.73. The van der Waals surface area contributed by atoms with Gasteiger partial charge in [-0.3, -0.25) is 4.79 Å².